The topological polar surface area (TPSA) is 47.6 Å². The number of hydrogen-bond acceptors (Lipinski definition) is 3. The van der Waals surface area contributed by atoms with Crippen LogP contribution in [0.5, 0.6) is 11.5 Å². The first-order valence-corrected chi connectivity index (χ1v) is 8.66. The summed E-state index contributed by atoms with van der Waals surface area (Å²) in [5.74, 6) is 1.28. The minimum Gasteiger partial charge on any atom is -0.491 e. The van der Waals surface area contributed by atoms with Crippen molar-refractivity contribution >= 4 is 17.5 Å². The average molecular weight is 362 g/mol. The monoisotopic (exact) mass is 361 g/mol. The third-order valence-corrected chi connectivity index (χ3v) is 4.44. The van der Waals surface area contributed by atoms with Crippen molar-refractivity contribution in [2.75, 3.05) is 13.2 Å². The molecule has 4 nitrogen and oxygen atoms in total. The van der Waals surface area contributed by atoms with Crippen LogP contribution in [0.1, 0.15) is 23.6 Å². The number of benzene rings is 2. The molecule has 0 aliphatic carbocycles. The van der Waals surface area contributed by atoms with E-state index in [-0.39, 0.29) is 5.91 Å². The number of rotatable bonds is 7. The summed E-state index contributed by atoms with van der Waals surface area (Å²) < 4.78 is 11.4. The molecule has 0 bridgehead atoms. The SMILES string of the molecule is Cc1ccccc1OCCNC(=O)[C@H](C)Oc1cc(C)c(Cl)c(C)c1. The van der Waals surface area contributed by atoms with E-state index in [1.807, 2.05) is 57.2 Å². The second-order valence-electron chi connectivity index (χ2n) is 6.04. The molecule has 5 heteroatoms. The molecule has 0 spiro atoms. The summed E-state index contributed by atoms with van der Waals surface area (Å²) in [7, 11) is 0. The fourth-order valence-corrected chi connectivity index (χ4v) is 2.54. The molecule has 1 amide bonds. The molecule has 0 radical (unpaired) electrons. The predicted molar refractivity (Wildman–Crippen MR) is 101 cm³/mol. The molecular weight excluding hydrogens is 338 g/mol. The van der Waals surface area contributed by atoms with Gasteiger partial charge in [-0.15, -0.1) is 0 Å². The summed E-state index contributed by atoms with van der Waals surface area (Å²) in [5.41, 5.74) is 2.92. The average Bonchev–Trinajstić information content (AvgIpc) is 2.57. The van der Waals surface area contributed by atoms with Crippen molar-refractivity contribution < 1.29 is 14.3 Å². The molecule has 0 fully saturated rings. The quantitative estimate of drug-likeness (QED) is 0.751. The van der Waals surface area contributed by atoms with Crippen molar-refractivity contribution in [2.24, 2.45) is 0 Å². The largest absolute Gasteiger partial charge is 0.491 e. The third-order valence-electron chi connectivity index (χ3n) is 3.84. The molecule has 2 aromatic carbocycles. The van der Waals surface area contributed by atoms with Gasteiger partial charge in [-0.2, -0.15) is 0 Å². The highest BCUT2D eigenvalue weighted by Gasteiger charge is 2.15. The molecule has 134 valence electrons. The number of amides is 1. The maximum Gasteiger partial charge on any atom is 0.260 e. The summed E-state index contributed by atoms with van der Waals surface area (Å²) in [6, 6.07) is 11.4. The molecule has 1 atom stereocenters. The number of carbonyl (C=O) groups excluding carboxylic acids is 1. The van der Waals surface area contributed by atoms with Crippen LogP contribution in [0.2, 0.25) is 5.02 Å². The van der Waals surface area contributed by atoms with E-state index in [4.69, 9.17) is 21.1 Å². The molecular formula is C20H24ClNO3. The van der Waals surface area contributed by atoms with Crippen LogP contribution < -0.4 is 14.8 Å². The van der Waals surface area contributed by atoms with Crippen LogP contribution in [-0.2, 0) is 4.79 Å². The first kappa shape index (κ1) is 19.1. The van der Waals surface area contributed by atoms with Gasteiger partial charge in [0.25, 0.3) is 5.91 Å². The molecule has 2 rings (SSSR count). The van der Waals surface area contributed by atoms with Crippen molar-refractivity contribution in [3.8, 4) is 11.5 Å². The van der Waals surface area contributed by atoms with E-state index in [0.717, 1.165) is 27.5 Å². The van der Waals surface area contributed by atoms with Gasteiger partial charge in [-0.3, -0.25) is 4.79 Å². The van der Waals surface area contributed by atoms with E-state index >= 15 is 0 Å². The molecule has 0 aliphatic rings. The van der Waals surface area contributed by atoms with Gasteiger partial charge in [0.1, 0.15) is 18.1 Å². The predicted octanol–water partition coefficient (Wildman–Crippen LogP) is 4.23. The molecule has 0 heterocycles. The molecule has 0 saturated heterocycles. The Labute approximate surface area is 154 Å². The van der Waals surface area contributed by atoms with Gasteiger partial charge < -0.3 is 14.8 Å². The van der Waals surface area contributed by atoms with E-state index in [1.165, 1.54) is 0 Å². The van der Waals surface area contributed by atoms with Crippen LogP contribution in [0.15, 0.2) is 36.4 Å². The molecule has 1 N–H and O–H groups in total. The summed E-state index contributed by atoms with van der Waals surface area (Å²) in [5, 5.41) is 3.54. The Hall–Kier alpha value is -2.20. The van der Waals surface area contributed by atoms with Crippen LogP contribution in [0.3, 0.4) is 0 Å². The van der Waals surface area contributed by atoms with Crippen LogP contribution >= 0.6 is 11.6 Å². The van der Waals surface area contributed by atoms with Crippen molar-refractivity contribution in [1.82, 2.24) is 5.32 Å². The standard InChI is InChI=1S/C20H24ClNO3/c1-13-7-5-6-8-18(13)24-10-9-22-20(23)16(4)25-17-11-14(2)19(21)15(3)12-17/h5-8,11-12,16H,9-10H2,1-4H3,(H,22,23)/t16-/m0/s1. The molecule has 0 saturated carbocycles. The molecule has 0 aromatic heterocycles. The van der Waals surface area contributed by atoms with E-state index in [9.17, 15) is 4.79 Å². The first-order valence-electron chi connectivity index (χ1n) is 8.28. The van der Waals surface area contributed by atoms with Crippen LogP contribution in [-0.4, -0.2) is 25.2 Å². The Kier molecular flexibility index (Phi) is 6.71. The van der Waals surface area contributed by atoms with Crippen LogP contribution in [0, 0.1) is 20.8 Å². The van der Waals surface area contributed by atoms with Gasteiger partial charge >= 0.3 is 0 Å². The Morgan fingerprint density at radius 3 is 2.40 bits per heavy atom. The lowest BCUT2D eigenvalue weighted by atomic mass is 10.1. The zero-order valence-corrected chi connectivity index (χ0v) is 15.8. The van der Waals surface area contributed by atoms with Gasteiger partial charge in [-0.25, -0.2) is 0 Å². The molecule has 0 aliphatic heterocycles. The Morgan fingerprint density at radius 2 is 1.76 bits per heavy atom. The van der Waals surface area contributed by atoms with Gasteiger partial charge in [0.05, 0.1) is 6.54 Å². The normalized spacial score (nSPS) is 11.7. The third kappa shape index (κ3) is 5.40. The van der Waals surface area contributed by atoms with Gasteiger partial charge in [0, 0.05) is 5.02 Å². The highest BCUT2D eigenvalue weighted by Crippen LogP contribution is 2.26. The number of ether oxygens (including phenoxy) is 2. The van der Waals surface area contributed by atoms with E-state index in [2.05, 4.69) is 5.32 Å². The van der Waals surface area contributed by atoms with Gasteiger partial charge in [-0.05, 0) is 62.6 Å². The lowest BCUT2D eigenvalue weighted by Gasteiger charge is -2.16. The van der Waals surface area contributed by atoms with Crippen molar-refractivity contribution in [3.63, 3.8) is 0 Å². The lowest BCUT2D eigenvalue weighted by molar-refractivity contribution is -0.127. The molecule has 0 unspecified atom stereocenters. The van der Waals surface area contributed by atoms with Crippen molar-refractivity contribution in [2.45, 2.75) is 33.8 Å². The highest BCUT2D eigenvalue weighted by molar-refractivity contribution is 6.32. The number of para-hydroxylation sites is 1. The summed E-state index contributed by atoms with van der Waals surface area (Å²) in [6.07, 6.45) is -0.599. The van der Waals surface area contributed by atoms with Crippen molar-refractivity contribution in [1.29, 1.82) is 0 Å². The maximum atomic E-state index is 12.1. The number of hydrogen-bond donors (Lipinski definition) is 1. The Bertz CT molecular complexity index is 722. The van der Waals surface area contributed by atoms with Crippen LogP contribution in [0.25, 0.3) is 0 Å². The highest BCUT2D eigenvalue weighted by atomic mass is 35.5. The zero-order valence-electron chi connectivity index (χ0n) is 15.1. The number of aryl methyl sites for hydroxylation is 3. The van der Waals surface area contributed by atoms with Crippen LogP contribution in [0.4, 0.5) is 0 Å². The lowest BCUT2D eigenvalue weighted by Crippen LogP contribution is -2.38. The molecule has 2 aromatic rings. The second kappa shape index (κ2) is 8.77. The van der Waals surface area contributed by atoms with Crippen molar-refractivity contribution in [3.05, 3.63) is 58.1 Å². The number of halogens is 1. The molecule has 25 heavy (non-hydrogen) atoms. The summed E-state index contributed by atoms with van der Waals surface area (Å²) >= 11 is 6.15. The Balaban J connectivity index is 1.79. The second-order valence-corrected chi connectivity index (χ2v) is 6.41. The van der Waals surface area contributed by atoms with E-state index in [1.54, 1.807) is 6.92 Å². The number of nitrogens with one attached hydrogen (secondary N) is 1. The van der Waals surface area contributed by atoms with E-state index < -0.39 is 6.10 Å². The van der Waals surface area contributed by atoms with Gasteiger partial charge in [0.15, 0.2) is 6.10 Å². The number of carbonyl (C=O) groups is 1. The zero-order chi connectivity index (χ0) is 18.4. The first-order chi connectivity index (χ1) is 11.9. The summed E-state index contributed by atoms with van der Waals surface area (Å²) in [6.45, 7) is 8.35. The smallest absolute Gasteiger partial charge is 0.260 e. The fourth-order valence-electron chi connectivity index (χ4n) is 2.43. The van der Waals surface area contributed by atoms with Gasteiger partial charge in [0.2, 0.25) is 0 Å². The summed E-state index contributed by atoms with van der Waals surface area (Å²) in [4.78, 5) is 12.1. The maximum absolute atomic E-state index is 12.1. The fraction of sp³-hybridized carbons (Fsp3) is 0.350. The van der Waals surface area contributed by atoms with E-state index in [0.29, 0.717) is 18.9 Å². The minimum absolute atomic E-state index is 0.182. The van der Waals surface area contributed by atoms with Gasteiger partial charge in [-0.1, -0.05) is 29.8 Å². The Morgan fingerprint density at radius 1 is 1.12 bits per heavy atom. The minimum atomic E-state index is -0.599.